The molecule has 0 amide bonds. The van der Waals surface area contributed by atoms with Crippen LogP contribution in [0.4, 0.5) is 0 Å². The van der Waals surface area contributed by atoms with Gasteiger partial charge in [0.1, 0.15) is 0 Å². The second-order valence-corrected chi connectivity index (χ2v) is 22.7. The van der Waals surface area contributed by atoms with E-state index in [0.29, 0.717) is 18.9 Å². The minimum atomic E-state index is -1.55. The summed E-state index contributed by atoms with van der Waals surface area (Å²) in [6.45, 7) is 19.1. The van der Waals surface area contributed by atoms with Gasteiger partial charge in [-0.1, -0.05) is 39.3 Å². The van der Waals surface area contributed by atoms with Gasteiger partial charge in [-0.3, -0.25) is 0 Å². The lowest BCUT2D eigenvalue weighted by Gasteiger charge is -2.44. The summed E-state index contributed by atoms with van der Waals surface area (Å²) >= 11 is 2.42. The van der Waals surface area contributed by atoms with Crippen molar-refractivity contribution in [2.45, 2.75) is 70.6 Å². The molecule has 2 rings (SSSR count). The number of nitrogens with zero attached hydrogens (tertiary/aromatic N) is 1. The number of methoxy groups -OCH3 is 2. The molecule has 1 aromatic rings. The van der Waals surface area contributed by atoms with Crippen LogP contribution in [0.3, 0.4) is 0 Å². The first kappa shape index (κ1) is 26.1. The average Bonchev–Trinajstić information content (AvgIpc) is 3.05. The molecule has 1 fully saturated rings. The Kier molecular flexibility index (Phi) is 8.88. The third kappa shape index (κ3) is 7.20. The molecular formula is C22H40INO4Si2. The van der Waals surface area contributed by atoms with Crippen LogP contribution >= 0.6 is 22.6 Å². The highest BCUT2D eigenvalue weighted by atomic mass is 127. The number of hydrogen-bond acceptors (Lipinski definition) is 5. The first-order valence-corrected chi connectivity index (χ1v) is 19.1. The van der Waals surface area contributed by atoms with Crippen LogP contribution in [-0.2, 0) is 16.0 Å². The molecule has 0 N–H and O–H groups in total. The SMILES string of the molecule is COc1cc(I)c(CN(C[Si](C)(C)C)C(CC2(C)OCCO2)[Si](C)(C)C)cc1OC. The molecule has 8 heteroatoms. The van der Waals surface area contributed by atoms with Crippen LogP contribution in [0.15, 0.2) is 12.1 Å². The van der Waals surface area contributed by atoms with Gasteiger partial charge in [-0.15, -0.1) is 0 Å². The van der Waals surface area contributed by atoms with Crippen LogP contribution in [0.2, 0.25) is 39.3 Å². The Morgan fingerprint density at radius 1 is 1.03 bits per heavy atom. The smallest absolute Gasteiger partial charge is 0.166 e. The molecule has 0 radical (unpaired) electrons. The molecule has 1 aliphatic rings. The standard InChI is InChI=1S/C22H40INO4Si2/c1-22(27-10-11-28-22)14-21(30(7,8)9)24(16-29(4,5)6)15-17-12-19(25-2)20(26-3)13-18(17)23/h12-13,21H,10-11,14-16H2,1-9H3. The van der Waals surface area contributed by atoms with E-state index < -0.39 is 21.9 Å². The van der Waals surface area contributed by atoms with Gasteiger partial charge in [0, 0.05) is 22.2 Å². The molecule has 1 heterocycles. The Bertz CT molecular complexity index is 712. The summed E-state index contributed by atoms with van der Waals surface area (Å²) < 4.78 is 24.4. The van der Waals surface area contributed by atoms with Gasteiger partial charge in [-0.2, -0.15) is 0 Å². The van der Waals surface area contributed by atoms with Gasteiger partial charge in [0.25, 0.3) is 0 Å². The summed E-state index contributed by atoms with van der Waals surface area (Å²) in [5.41, 5.74) is 1.74. The van der Waals surface area contributed by atoms with Gasteiger partial charge in [0.2, 0.25) is 0 Å². The minimum Gasteiger partial charge on any atom is -0.493 e. The highest BCUT2D eigenvalue weighted by Gasteiger charge is 2.42. The molecule has 0 aliphatic carbocycles. The van der Waals surface area contributed by atoms with Crippen molar-refractivity contribution in [2.24, 2.45) is 0 Å². The molecular weight excluding hydrogens is 525 g/mol. The zero-order chi connectivity index (χ0) is 22.7. The van der Waals surface area contributed by atoms with E-state index in [4.69, 9.17) is 18.9 Å². The number of halogens is 1. The first-order chi connectivity index (χ1) is 13.8. The van der Waals surface area contributed by atoms with Crippen LogP contribution in [0.25, 0.3) is 0 Å². The van der Waals surface area contributed by atoms with Crippen molar-refractivity contribution >= 4 is 38.7 Å². The summed E-state index contributed by atoms with van der Waals surface area (Å²) in [6.07, 6.45) is 2.06. The lowest BCUT2D eigenvalue weighted by atomic mass is 10.1. The molecule has 1 atom stereocenters. The van der Waals surface area contributed by atoms with Crippen LogP contribution in [0.1, 0.15) is 18.9 Å². The third-order valence-electron chi connectivity index (χ3n) is 5.51. The summed E-state index contributed by atoms with van der Waals surface area (Å²) in [5.74, 6) is 1.09. The number of hydrogen-bond donors (Lipinski definition) is 0. The fourth-order valence-electron chi connectivity index (χ4n) is 4.13. The quantitative estimate of drug-likeness (QED) is 0.281. The number of ether oxygens (including phenoxy) is 4. The van der Waals surface area contributed by atoms with E-state index in [1.165, 1.54) is 9.13 Å². The van der Waals surface area contributed by atoms with Crippen LogP contribution < -0.4 is 9.47 Å². The van der Waals surface area contributed by atoms with Gasteiger partial charge in [0.05, 0.1) is 43.6 Å². The zero-order valence-corrected chi connectivity index (χ0v) is 24.4. The summed E-state index contributed by atoms with van der Waals surface area (Å²) in [7, 11) is 0.502. The predicted molar refractivity (Wildman–Crippen MR) is 138 cm³/mol. The van der Waals surface area contributed by atoms with Crippen molar-refractivity contribution in [1.29, 1.82) is 0 Å². The van der Waals surface area contributed by atoms with Crippen molar-refractivity contribution < 1.29 is 18.9 Å². The van der Waals surface area contributed by atoms with E-state index in [1.54, 1.807) is 14.2 Å². The number of benzene rings is 1. The summed E-state index contributed by atoms with van der Waals surface area (Å²) in [6, 6.07) is 4.22. The topological polar surface area (TPSA) is 40.2 Å². The fraction of sp³-hybridized carbons (Fsp3) is 0.727. The van der Waals surface area contributed by atoms with Crippen LogP contribution in [-0.4, -0.2) is 66.1 Å². The van der Waals surface area contributed by atoms with Gasteiger partial charge in [0.15, 0.2) is 17.3 Å². The van der Waals surface area contributed by atoms with Crippen LogP contribution in [0.5, 0.6) is 11.5 Å². The second kappa shape index (κ2) is 10.2. The summed E-state index contributed by atoms with van der Waals surface area (Å²) in [5, 5.41) is 0. The molecule has 30 heavy (non-hydrogen) atoms. The molecule has 1 saturated heterocycles. The van der Waals surface area contributed by atoms with Gasteiger partial charge in [-0.25, -0.2) is 0 Å². The Balaban J connectivity index is 2.42. The fourth-order valence-corrected chi connectivity index (χ4v) is 8.73. The Morgan fingerprint density at radius 2 is 1.57 bits per heavy atom. The van der Waals surface area contributed by atoms with E-state index in [0.717, 1.165) is 30.6 Å². The third-order valence-corrected chi connectivity index (χ3v) is 10.4. The van der Waals surface area contributed by atoms with Gasteiger partial charge >= 0.3 is 0 Å². The molecule has 0 spiro atoms. The molecule has 1 unspecified atom stereocenters. The van der Waals surface area contributed by atoms with Crippen molar-refractivity contribution in [3.05, 3.63) is 21.3 Å². The molecule has 1 aliphatic heterocycles. The first-order valence-electron chi connectivity index (χ1n) is 10.7. The maximum absolute atomic E-state index is 6.03. The molecule has 0 aromatic heterocycles. The Morgan fingerprint density at radius 3 is 2.03 bits per heavy atom. The van der Waals surface area contributed by atoms with Crippen molar-refractivity contribution in [3.63, 3.8) is 0 Å². The van der Waals surface area contributed by atoms with Crippen molar-refractivity contribution in [3.8, 4) is 11.5 Å². The Labute approximate surface area is 199 Å². The van der Waals surface area contributed by atoms with E-state index in [1.807, 2.05) is 0 Å². The van der Waals surface area contributed by atoms with Crippen molar-refractivity contribution in [1.82, 2.24) is 4.90 Å². The largest absolute Gasteiger partial charge is 0.493 e. The molecule has 1 aromatic carbocycles. The van der Waals surface area contributed by atoms with E-state index in [-0.39, 0.29) is 0 Å². The lowest BCUT2D eigenvalue weighted by molar-refractivity contribution is -0.152. The monoisotopic (exact) mass is 565 g/mol. The van der Waals surface area contributed by atoms with Gasteiger partial charge < -0.3 is 23.8 Å². The van der Waals surface area contributed by atoms with Crippen LogP contribution in [0, 0.1) is 3.57 Å². The van der Waals surface area contributed by atoms with E-state index in [9.17, 15) is 0 Å². The molecule has 172 valence electrons. The summed E-state index contributed by atoms with van der Waals surface area (Å²) in [4.78, 5) is 2.72. The maximum atomic E-state index is 6.03. The van der Waals surface area contributed by atoms with E-state index >= 15 is 0 Å². The van der Waals surface area contributed by atoms with E-state index in [2.05, 4.69) is 85.8 Å². The predicted octanol–water partition coefficient (Wildman–Crippen LogP) is 5.39. The normalized spacial score (nSPS) is 18.0. The highest BCUT2D eigenvalue weighted by Crippen LogP contribution is 2.35. The van der Waals surface area contributed by atoms with Crippen molar-refractivity contribution in [2.75, 3.05) is 33.6 Å². The zero-order valence-electron chi connectivity index (χ0n) is 20.2. The molecule has 0 bridgehead atoms. The lowest BCUT2D eigenvalue weighted by Crippen LogP contribution is -2.57. The Hall–Kier alpha value is -0.136. The molecule has 5 nitrogen and oxygen atoms in total. The minimum absolute atomic E-state index is 0.455. The number of rotatable bonds is 10. The average molecular weight is 566 g/mol. The molecule has 0 saturated carbocycles. The maximum Gasteiger partial charge on any atom is 0.166 e. The second-order valence-electron chi connectivity index (χ2n) is 10.7. The van der Waals surface area contributed by atoms with Gasteiger partial charge in [-0.05, 0) is 53.4 Å². The highest BCUT2D eigenvalue weighted by molar-refractivity contribution is 14.1.